The minimum absolute atomic E-state index is 0.561. The van der Waals surface area contributed by atoms with Crippen molar-refractivity contribution in [2.45, 2.75) is 52.3 Å². The van der Waals surface area contributed by atoms with Crippen LogP contribution in [-0.4, -0.2) is 21.7 Å². The van der Waals surface area contributed by atoms with Crippen molar-refractivity contribution < 1.29 is 8.42 Å². The predicted octanol–water partition coefficient (Wildman–Crippen LogP) is 4.21. The summed E-state index contributed by atoms with van der Waals surface area (Å²) in [5.74, 6) is 0. The summed E-state index contributed by atoms with van der Waals surface area (Å²) in [6.07, 6.45) is 3.70. The first kappa shape index (κ1) is 17.5. The van der Waals surface area contributed by atoms with Crippen LogP contribution in [0.25, 0.3) is 0 Å². The topological polar surface area (TPSA) is 46.2 Å². The van der Waals surface area contributed by atoms with Crippen LogP contribution in [0.15, 0.2) is 0 Å². The molecule has 3 nitrogen and oxygen atoms in total. The first-order valence-electron chi connectivity index (χ1n) is 5.52. The van der Waals surface area contributed by atoms with Gasteiger partial charge in [-0.2, -0.15) is 4.13 Å². The molecule has 18 heavy (non-hydrogen) atoms. The van der Waals surface area contributed by atoms with Crippen LogP contribution in [-0.2, 0) is 10.0 Å². The first-order chi connectivity index (χ1) is 8.17. The number of nitrogens with one attached hydrogen (secondary N) is 1. The van der Waals surface area contributed by atoms with Gasteiger partial charge in [-0.3, -0.25) is 0 Å². The summed E-state index contributed by atoms with van der Waals surface area (Å²) in [6.45, 7) is 1.87. The Morgan fingerprint density at radius 1 is 1.33 bits per heavy atom. The van der Waals surface area contributed by atoms with Crippen molar-refractivity contribution in [2.75, 3.05) is 0 Å². The molecule has 0 heterocycles. The van der Waals surface area contributed by atoms with E-state index in [4.69, 9.17) is 46.4 Å². The second-order valence-corrected chi connectivity index (χ2v) is 10.6. The summed E-state index contributed by atoms with van der Waals surface area (Å²) in [4.78, 5) is -1.10. The van der Waals surface area contributed by atoms with Crippen LogP contribution in [0.4, 0.5) is 0 Å². The highest BCUT2D eigenvalue weighted by atomic mass is 35.5. The van der Waals surface area contributed by atoms with E-state index in [0.29, 0.717) is 31.2 Å². The molecule has 1 saturated carbocycles. The van der Waals surface area contributed by atoms with Crippen LogP contribution < -0.4 is 4.13 Å². The Kier molecular flexibility index (Phi) is 6.27. The zero-order valence-corrected chi connectivity index (χ0v) is 14.4. The maximum absolute atomic E-state index is 12.3. The molecule has 0 saturated heterocycles. The number of rotatable bonds is 6. The Morgan fingerprint density at radius 3 is 2.22 bits per heavy atom. The molecule has 1 aliphatic rings. The normalized spacial score (nSPS) is 20.6. The van der Waals surface area contributed by atoms with E-state index in [2.05, 4.69) is 4.13 Å². The Morgan fingerprint density at radius 2 is 1.83 bits per heavy atom. The van der Waals surface area contributed by atoms with Crippen LogP contribution in [0, 0.1) is 0 Å². The fourth-order valence-corrected chi connectivity index (χ4v) is 5.79. The smallest absolute Gasteiger partial charge is 0.211 e. The molecule has 1 aliphatic carbocycles. The van der Waals surface area contributed by atoms with Gasteiger partial charge in [-0.05, 0) is 31.2 Å². The summed E-state index contributed by atoms with van der Waals surface area (Å²) >= 11 is 23.4. The van der Waals surface area contributed by atoms with Crippen molar-refractivity contribution in [3.63, 3.8) is 0 Å². The van der Waals surface area contributed by atoms with E-state index < -0.39 is 23.3 Å². The highest BCUT2D eigenvalue weighted by Gasteiger charge is 2.46. The quantitative estimate of drug-likeness (QED) is 0.559. The molecule has 1 rings (SSSR count). The van der Waals surface area contributed by atoms with E-state index >= 15 is 0 Å². The highest BCUT2D eigenvalue weighted by molar-refractivity contribution is 8.12. The van der Waals surface area contributed by atoms with Gasteiger partial charge in [0.1, 0.15) is 0 Å². The Bertz CT molecular complexity index is 380. The molecule has 0 radical (unpaired) electrons. The van der Waals surface area contributed by atoms with Gasteiger partial charge in [0.05, 0.1) is 4.75 Å². The molecule has 0 atom stereocenters. The summed E-state index contributed by atoms with van der Waals surface area (Å²) in [5, 5.41) is 0. The summed E-state index contributed by atoms with van der Waals surface area (Å²) in [5.41, 5.74) is 0. The minimum atomic E-state index is -3.51. The molecule has 0 aromatic heterocycles. The lowest BCUT2D eigenvalue weighted by molar-refractivity contribution is 0.498. The van der Waals surface area contributed by atoms with Crippen LogP contribution in [0.3, 0.4) is 0 Å². The van der Waals surface area contributed by atoms with Crippen molar-refractivity contribution in [1.29, 1.82) is 0 Å². The summed E-state index contributed by atoms with van der Waals surface area (Å²) in [6, 6.07) is 0. The van der Waals surface area contributed by atoms with Crippen LogP contribution in [0.5, 0.6) is 0 Å². The molecule has 0 aromatic carbocycles. The lowest BCUT2D eigenvalue weighted by Gasteiger charge is -2.29. The second kappa shape index (κ2) is 6.46. The molecule has 0 aromatic rings. The van der Waals surface area contributed by atoms with Gasteiger partial charge < -0.3 is 0 Å². The van der Waals surface area contributed by atoms with Crippen LogP contribution in [0.2, 0.25) is 0 Å². The number of hydrogen-bond acceptors (Lipinski definition) is 3. The van der Waals surface area contributed by atoms with E-state index in [1.54, 1.807) is 0 Å². The van der Waals surface area contributed by atoms with Gasteiger partial charge in [-0.1, -0.05) is 43.0 Å². The minimum Gasteiger partial charge on any atom is -0.211 e. The Labute approximate surface area is 132 Å². The lowest BCUT2D eigenvalue weighted by atomic mass is 10.0. The average Bonchev–Trinajstić information content (AvgIpc) is 2.76. The predicted molar refractivity (Wildman–Crippen MR) is 81.1 cm³/mol. The molecular formula is C9H15Cl4NO2S2. The van der Waals surface area contributed by atoms with Crippen molar-refractivity contribution in [1.82, 2.24) is 4.13 Å². The largest absolute Gasteiger partial charge is 0.226 e. The fraction of sp³-hybridized carbons (Fsp3) is 1.00. The third kappa shape index (κ3) is 3.74. The molecule has 108 valence electrons. The summed E-state index contributed by atoms with van der Waals surface area (Å²) < 4.78 is 24.7. The van der Waals surface area contributed by atoms with Gasteiger partial charge in [0.2, 0.25) is 13.7 Å². The fourth-order valence-electron chi connectivity index (χ4n) is 2.07. The third-order valence-electron chi connectivity index (χ3n) is 3.27. The molecule has 1 fully saturated rings. The van der Waals surface area contributed by atoms with Crippen LogP contribution in [0.1, 0.15) is 39.0 Å². The number of hydrogen-bond donors (Lipinski definition) is 1. The first-order valence-corrected chi connectivity index (χ1v) is 9.45. The van der Waals surface area contributed by atoms with E-state index in [-0.39, 0.29) is 0 Å². The molecule has 9 heteroatoms. The molecule has 0 aliphatic heterocycles. The van der Waals surface area contributed by atoms with Gasteiger partial charge in [0.15, 0.2) is 4.84 Å². The van der Waals surface area contributed by atoms with Gasteiger partial charge in [-0.25, -0.2) is 8.42 Å². The molecule has 1 N–H and O–H groups in total. The Hall–Kier alpha value is 1.42. The highest BCUT2D eigenvalue weighted by Crippen LogP contribution is 2.44. The second-order valence-electron chi connectivity index (χ2n) is 4.30. The molecule has 0 spiro atoms. The standard InChI is InChI=1S/C9H15Cl4NO2S2/c1-2-8(5-3-4-6-8)18(15,16)14-17-9(12,13)7(10)11/h7,14H,2-6H2,1H3. The number of halogens is 4. The van der Waals surface area contributed by atoms with Crippen LogP contribution >= 0.6 is 58.4 Å². The van der Waals surface area contributed by atoms with E-state index in [1.807, 2.05) is 6.92 Å². The van der Waals surface area contributed by atoms with E-state index in [9.17, 15) is 8.42 Å². The van der Waals surface area contributed by atoms with Gasteiger partial charge in [0, 0.05) is 0 Å². The van der Waals surface area contributed by atoms with Gasteiger partial charge in [0.25, 0.3) is 0 Å². The third-order valence-corrected chi connectivity index (χ3v) is 9.09. The molecular weight excluding hydrogens is 360 g/mol. The maximum Gasteiger partial charge on any atom is 0.226 e. The van der Waals surface area contributed by atoms with Gasteiger partial charge >= 0.3 is 0 Å². The SMILES string of the molecule is CCC1(S(=O)(=O)NSC(Cl)(Cl)C(Cl)Cl)CCCC1. The van der Waals surface area contributed by atoms with Crippen molar-refractivity contribution >= 4 is 68.4 Å². The number of sulfonamides is 1. The molecule has 0 amide bonds. The van der Waals surface area contributed by atoms with E-state index in [0.717, 1.165) is 12.8 Å². The Balaban J connectivity index is 2.76. The molecule has 0 unspecified atom stereocenters. The lowest BCUT2D eigenvalue weighted by Crippen LogP contribution is -2.42. The summed E-state index contributed by atoms with van der Waals surface area (Å²) in [7, 11) is -3.51. The maximum atomic E-state index is 12.3. The van der Waals surface area contributed by atoms with Crippen molar-refractivity contribution in [2.24, 2.45) is 0 Å². The zero-order chi connectivity index (χ0) is 14.0. The monoisotopic (exact) mass is 373 g/mol. The zero-order valence-electron chi connectivity index (χ0n) is 9.76. The van der Waals surface area contributed by atoms with Crippen molar-refractivity contribution in [3.8, 4) is 0 Å². The van der Waals surface area contributed by atoms with Gasteiger partial charge in [-0.15, -0.1) is 23.2 Å². The molecule has 0 bridgehead atoms. The average molecular weight is 375 g/mol. The number of alkyl halides is 4. The van der Waals surface area contributed by atoms with E-state index in [1.165, 1.54) is 0 Å². The van der Waals surface area contributed by atoms with Crippen molar-refractivity contribution in [3.05, 3.63) is 0 Å².